The number of anilines is 2. The molecule has 0 radical (unpaired) electrons. The second-order valence-electron chi connectivity index (χ2n) is 6.53. The van der Waals surface area contributed by atoms with Crippen molar-refractivity contribution in [1.29, 1.82) is 0 Å². The Bertz CT molecular complexity index is 1170. The van der Waals surface area contributed by atoms with E-state index in [4.69, 9.17) is 0 Å². The largest absolute Gasteiger partial charge is 0.418 e. The van der Waals surface area contributed by atoms with Crippen molar-refractivity contribution in [2.24, 2.45) is 7.05 Å². The topological polar surface area (TPSA) is 76.0 Å². The van der Waals surface area contributed by atoms with Gasteiger partial charge in [0.1, 0.15) is 5.69 Å². The van der Waals surface area contributed by atoms with Crippen LogP contribution in [0.1, 0.15) is 32.0 Å². The van der Waals surface area contributed by atoms with E-state index in [0.29, 0.717) is 0 Å². The zero-order valence-corrected chi connectivity index (χ0v) is 16.2. The van der Waals surface area contributed by atoms with E-state index in [2.05, 4.69) is 15.7 Å². The molecule has 0 fully saturated rings. The maximum Gasteiger partial charge on any atom is 0.418 e. The first-order chi connectivity index (χ1) is 14.9. The monoisotopic (exact) mass is 456 g/mol. The number of aryl methyl sites for hydroxylation is 1. The van der Waals surface area contributed by atoms with E-state index in [1.807, 2.05) is 0 Å². The summed E-state index contributed by atoms with van der Waals surface area (Å²) in [5.41, 5.74) is -4.19. The molecular formula is C20H14F6N4O2. The van der Waals surface area contributed by atoms with Crippen molar-refractivity contribution in [2.75, 3.05) is 10.6 Å². The summed E-state index contributed by atoms with van der Waals surface area (Å²) in [6.45, 7) is 0. The van der Waals surface area contributed by atoms with Crippen molar-refractivity contribution in [3.05, 3.63) is 77.1 Å². The predicted molar refractivity (Wildman–Crippen MR) is 102 cm³/mol. The van der Waals surface area contributed by atoms with Crippen LogP contribution < -0.4 is 10.6 Å². The molecule has 32 heavy (non-hydrogen) atoms. The predicted octanol–water partition coefficient (Wildman–Crippen LogP) is 4.96. The van der Waals surface area contributed by atoms with E-state index in [1.165, 1.54) is 19.2 Å². The van der Waals surface area contributed by atoms with Gasteiger partial charge in [-0.15, -0.1) is 0 Å². The lowest BCUT2D eigenvalue weighted by molar-refractivity contribution is -0.137. The summed E-state index contributed by atoms with van der Waals surface area (Å²) in [7, 11) is 1.25. The number of amides is 2. The molecule has 2 aromatic carbocycles. The Hall–Kier alpha value is -3.83. The van der Waals surface area contributed by atoms with Crippen molar-refractivity contribution in [3.8, 4) is 0 Å². The molecule has 2 N–H and O–H groups in total. The molecule has 0 saturated carbocycles. The minimum Gasteiger partial charge on any atom is -0.321 e. The third-order valence-electron chi connectivity index (χ3n) is 4.36. The van der Waals surface area contributed by atoms with Crippen LogP contribution in [0.5, 0.6) is 0 Å². The van der Waals surface area contributed by atoms with Crippen LogP contribution >= 0.6 is 0 Å². The first-order valence-electron chi connectivity index (χ1n) is 8.86. The van der Waals surface area contributed by atoms with Gasteiger partial charge in [-0.25, -0.2) is 0 Å². The van der Waals surface area contributed by atoms with E-state index >= 15 is 0 Å². The van der Waals surface area contributed by atoms with Gasteiger partial charge in [-0.05, 0) is 24.3 Å². The normalized spacial score (nSPS) is 11.8. The van der Waals surface area contributed by atoms with Crippen LogP contribution in [0.2, 0.25) is 0 Å². The number of nitrogens with one attached hydrogen (secondary N) is 2. The molecular weight excluding hydrogens is 442 g/mol. The Morgan fingerprint density at radius 1 is 0.781 bits per heavy atom. The van der Waals surface area contributed by atoms with Crippen LogP contribution in [0.4, 0.5) is 37.7 Å². The zero-order chi connectivity index (χ0) is 23.7. The number of alkyl halides is 6. The number of hydrogen-bond acceptors (Lipinski definition) is 3. The smallest absolute Gasteiger partial charge is 0.321 e. The number of carbonyl (C=O) groups excluding carboxylic acids is 2. The highest BCUT2D eigenvalue weighted by Crippen LogP contribution is 2.36. The molecule has 0 spiro atoms. The van der Waals surface area contributed by atoms with E-state index in [9.17, 15) is 35.9 Å². The molecule has 0 unspecified atom stereocenters. The third-order valence-corrected chi connectivity index (χ3v) is 4.36. The fourth-order valence-corrected chi connectivity index (χ4v) is 2.92. The second-order valence-corrected chi connectivity index (χ2v) is 6.53. The summed E-state index contributed by atoms with van der Waals surface area (Å²) in [5.74, 6) is -2.19. The van der Waals surface area contributed by atoms with E-state index in [0.717, 1.165) is 47.3 Å². The van der Waals surface area contributed by atoms with Gasteiger partial charge in [0.25, 0.3) is 11.8 Å². The Balaban J connectivity index is 1.91. The van der Waals surface area contributed by atoms with Gasteiger partial charge in [0.05, 0.1) is 34.3 Å². The molecule has 168 valence electrons. The third kappa shape index (κ3) is 4.74. The number of hydrogen-bond donors (Lipinski definition) is 2. The molecule has 6 nitrogen and oxygen atoms in total. The Morgan fingerprint density at radius 3 is 1.69 bits per heavy atom. The number of rotatable bonds is 4. The molecule has 1 aromatic heterocycles. The summed E-state index contributed by atoms with van der Waals surface area (Å²) in [5, 5.41) is 7.88. The maximum absolute atomic E-state index is 13.2. The lowest BCUT2D eigenvalue weighted by atomic mass is 10.1. The number of halogens is 6. The Labute approximate surface area is 176 Å². The molecule has 0 atom stereocenters. The van der Waals surface area contributed by atoms with Crippen molar-refractivity contribution in [3.63, 3.8) is 0 Å². The highest BCUT2D eigenvalue weighted by molar-refractivity contribution is 6.14. The van der Waals surface area contributed by atoms with Gasteiger partial charge in [0, 0.05) is 7.05 Å². The highest BCUT2D eigenvalue weighted by Gasteiger charge is 2.35. The second kappa shape index (κ2) is 8.36. The SMILES string of the molecule is Cn1ncc(C(=O)Nc2ccccc2C(F)(F)F)c1C(=O)Nc1ccccc1C(F)(F)F. The van der Waals surface area contributed by atoms with Gasteiger partial charge >= 0.3 is 12.4 Å². The summed E-state index contributed by atoms with van der Waals surface area (Å²) in [6, 6.07) is 8.40. The molecule has 3 rings (SSSR count). The number of aromatic nitrogens is 2. The van der Waals surface area contributed by atoms with Crippen LogP contribution in [-0.2, 0) is 19.4 Å². The first-order valence-corrected chi connectivity index (χ1v) is 8.86. The zero-order valence-electron chi connectivity index (χ0n) is 16.2. The standard InChI is InChI=1S/C20H14F6N4O2/c1-30-16(18(32)29-15-9-5-3-7-13(15)20(24,25)26)11(10-27-30)17(31)28-14-8-4-2-6-12(14)19(21,22)23/h2-10H,1H3,(H,28,31)(H,29,32). The summed E-state index contributed by atoms with van der Waals surface area (Å²) >= 11 is 0. The number of benzene rings is 2. The Kier molecular flexibility index (Phi) is 5.97. The fourth-order valence-electron chi connectivity index (χ4n) is 2.92. The minimum atomic E-state index is -4.75. The first kappa shape index (κ1) is 22.8. The molecule has 0 saturated heterocycles. The molecule has 1 heterocycles. The molecule has 3 aromatic rings. The number of carbonyl (C=O) groups is 2. The molecule has 0 aliphatic heterocycles. The van der Waals surface area contributed by atoms with Crippen LogP contribution in [0, 0.1) is 0 Å². The van der Waals surface area contributed by atoms with Crippen LogP contribution in [0.3, 0.4) is 0 Å². The summed E-state index contributed by atoms with van der Waals surface area (Å²) in [4.78, 5) is 25.3. The van der Waals surface area contributed by atoms with Crippen molar-refractivity contribution < 1.29 is 35.9 Å². The number of nitrogens with zero attached hydrogens (tertiary/aromatic N) is 2. The van der Waals surface area contributed by atoms with Crippen LogP contribution in [0.25, 0.3) is 0 Å². The molecule has 12 heteroatoms. The quantitative estimate of drug-likeness (QED) is 0.545. The molecule has 0 bridgehead atoms. The summed E-state index contributed by atoms with van der Waals surface area (Å²) in [6.07, 6.45) is -8.58. The van der Waals surface area contributed by atoms with E-state index in [-0.39, 0.29) is 0 Å². The maximum atomic E-state index is 13.2. The van der Waals surface area contributed by atoms with Gasteiger partial charge in [-0.3, -0.25) is 14.3 Å². The molecule has 0 aliphatic rings. The van der Waals surface area contributed by atoms with Crippen LogP contribution in [-0.4, -0.2) is 21.6 Å². The van der Waals surface area contributed by atoms with E-state index < -0.39 is 57.9 Å². The van der Waals surface area contributed by atoms with Gasteiger partial charge < -0.3 is 10.6 Å². The van der Waals surface area contributed by atoms with Gasteiger partial charge in [-0.1, -0.05) is 24.3 Å². The highest BCUT2D eigenvalue weighted by atomic mass is 19.4. The summed E-state index contributed by atoms with van der Waals surface area (Å²) < 4.78 is 80.0. The molecule has 2 amide bonds. The van der Waals surface area contributed by atoms with Gasteiger partial charge in [0.15, 0.2) is 0 Å². The van der Waals surface area contributed by atoms with Gasteiger partial charge in [-0.2, -0.15) is 31.4 Å². The minimum absolute atomic E-state index is 0.425. The van der Waals surface area contributed by atoms with E-state index in [1.54, 1.807) is 0 Å². The average Bonchev–Trinajstić information content (AvgIpc) is 3.09. The van der Waals surface area contributed by atoms with Crippen LogP contribution in [0.15, 0.2) is 54.7 Å². The molecule has 0 aliphatic carbocycles. The fraction of sp³-hybridized carbons (Fsp3) is 0.150. The van der Waals surface area contributed by atoms with Crippen molar-refractivity contribution in [1.82, 2.24) is 9.78 Å². The number of para-hydroxylation sites is 2. The Morgan fingerprint density at radius 2 is 1.22 bits per heavy atom. The lowest BCUT2D eigenvalue weighted by Crippen LogP contribution is -2.24. The lowest BCUT2D eigenvalue weighted by Gasteiger charge is -2.15. The average molecular weight is 456 g/mol. The van der Waals surface area contributed by atoms with Crippen molar-refractivity contribution in [2.45, 2.75) is 12.4 Å². The van der Waals surface area contributed by atoms with Crippen molar-refractivity contribution >= 4 is 23.2 Å². The van der Waals surface area contributed by atoms with Gasteiger partial charge in [0.2, 0.25) is 0 Å².